The van der Waals surface area contributed by atoms with Crippen LogP contribution in [0.15, 0.2) is 24.4 Å². The summed E-state index contributed by atoms with van der Waals surface area (Å²) in [6.45, 7) is 2.18. The van der Waals surface area contributed by atoms with Crippen LogP contribution in [-0.2, 0) is 6.42 Å². The molecular formula is C20H25F2NO2. The fourth-order valence-corrected chi connectivity index (χ4v) is 3.01. The molecule has 0 saturated heterocycles. The highest BCUT2D eigenvalue weighted by molar-refractivity contribution is 5.88. The topological polar surface area (TPSA) is 53.1 Å². The lowest BCUT2D eigenvalue weighted by Gasteiger charge is -2.08. The number of carboxylic acid groups (broad SMARTS) is 1. The van der Waals surface area contributed by atoms with Gasteiger partial charge in [0.15, 0.2) is 11.5 Å². The minimum Gasteiger partial charge on any atom is -0.476 e. The van der Waals surface area contributed by atoms with Crippen molar-refractivity contribution in [1.82, 2.24) is 4.98 Å². The zero-order valence-electron chi connectivity index (χ0n) is 14.6. The summed E-state index contributed by atoms with van der Waals surface area (Å²) in [5.74, 6) is -2.80. The number of nitrogens with one attached hydrogen (secondary N) is 1. The number of carbonyl (C=O) groups is 1. The molecule has 2 N–H and O–H groups in total. The van der Waals surface area contributed by atoms with Crippen LogP contribution in [0.2, 0.25) is 0 Å². The molecule has 1 aromatic carbocycles. The van der Waals surface area contributed by atoms with Crippen LogP contribution in [0.25, 0.3) is 11.1 Å². The molecule has 136 valence electrons. The molecule has 0 fully saturated rings. The molecule has 0 aliphatic heterocycles. The van der Waals surface area contributed by atoms with E-state index in [0.717, 1.165) is 19.3 Å². The molecule has 0 radical (unpaired) electrons. The third kappa shape index (κ3) is 4.91. The molecule has 0 saturated carbocycles. The standard InChI is InChI=1S/C20H25F2NO2/c1-2-3-4-5-6-7-8-10-14-11-9-12-15(17(14)21)16-13-23-19(18(16)22)20(24)25/h9,11-13,23H,2-8,10H2,1H3,(H,24,25). The number of aryl methyl sites for hydroxylation is 1. The zero-order chi connectivity index (χ0) is 18.2. The molecule has 1 heterocycles. The van der Waals surface area contributed by atoms with Gasteiger partial charge in [0.1, 0.15) is 5.82 Å². The summed E-state index contributed by atoms with van der Waals surface area (Å²) in [5.41, 5.74) is 0.0495. The van der Waals surface area contributed by atoms with E-state index in [-0.39, 0.29) is 11.1 Å². The maximum Gasteiger partial charge on any atom is 0.355 e. The van der Waals surface area contributed by atoms with E-state index >= 15 is 0 Å². The predicted octanol–water partition coefficient (Wildman–Crippen LogP) is 5.95. The number of halogens is 2. The smallest absolute Gasteiger partial charge is 0.355 e. The van der Waals surface area contributed by atoms with Gasteiger partial charge in [-0.15, -0.1) is 0 Å². The highest BCUT2D eigenvalue weighted by atomic mass is 19.1. The summed E-state index contributed by atoms with van der Waals surface area (Å²) in [5, 5.41) is 8.91. The molecule has 3 nitrogen and oxygen atoms in total. The lowest BCUT2D eigenvalue weighted by Crippen LogP contribution is -2.00. The quantitative estimate of drug-likeness (QED) is 0.521. The molecule has 0 unspecified atom stereocenters. The van der Waals surface area contributed by atoms with Crippen LogP contribution in [0.1, 0.15) is 67.9 Å². The second kappa shape index (κ2) is 9.35. The van der Waals surface area contributed by atoms with Crippen LogP contribution in [0.5, 0.6) is 0 Å². The molecular weight excluding hydrogens is 324 g/mol. The number of rotatable bonds is 10. The van der Waals surface area contributed by atoms with E-state index in [0.29, 0.717) is 12.0 Å². The third-order valence-electron chi connectivity index (χ3n) is 4.45. The molecule has 2 rings (SSSR count). The minimum absolute atomic E-state index is 0.0451. The second-order valence-corrected chi connectivity index (χ2v) is 6.35. The number of benzene rings is 1. The fraction of sp³-hybridized carbons (Fsp3) is 0.450. The van der Waals surface area contributed by atoms with Gasteiger partial charge in [-0.2, -0.15) is 0 Å². The molecule has 5 heteroatoms. The largest absolute Gasteiger partial charge is 0.476 e. The van der Waals surface area contributed by atoms with Gasteiger partial charge in [-0.1, -0.05) is 63.6 Å². The van der Waals surface area contributed by atoms with Crippen LogP contribution < -0.4 is 0 Å². The highest BCUT2D eigenvalue weighted by Crippen LogP contribution is 2.29. The number of hydrogen-bond donors (Lipinski definition) is 2. The Balaban J connectivity index is 2.01. The average molecular weight is 349 g/mol. The Morgan fingerprint density at radius 2 is 1.68 bits per heavy atom. The Kier molecular flexibility index (Phi) is 7.16. The molecule has 25 heavy (non-hydrogen) atoms. The Labute approximate surface area is 147 Å². The molecule has 0 bridgehead atoms. The van der Waals surface area contributed by atoms with Gasteiger partial charge >= 0.3 is 5.97 Å². The van der Waals surface area contributed by atoms with Gasteiger partial charge in [-0.25, -0.2) is 13.6 Å². The van der Waals surface area contributed by atoms with Crippen molar-refractivity contribution >= 4 is 5.97 Å². The Morgan fingerprint density at radius 1 is 1.00 bits per heavy atom. The van der Waals surface area contributed by atoms with Crippen LogP contribution in [0.4, 0.5) is 8.78 Å². The van der Waals surface area contributed by atoms with Gasteiger partial charge in [0.25, 0.3) is 0 Å². The van der Waals surface area contributed by atoms with E-state index in [4.69, 9.17) is 5.11 Å². The van der Waals surface area contributed by atoms with Gasteiger partial charge in [0.2, 0.25) is 0 Å². The van der Waals surface area contributed by atoms with Crippen molar-refractivity contribution in [3.63, 3.8) is 0 Å². The van der Waals surface area contributed by atoms with E-state index < -0.39 is 23.3 Å². The lowest BCUT2D eigenvalue weighted by atomic mass is 9.99. The fourth-order valence-electron chi connectivity index (χ4n) is 3.01. The van der Waals surface area contributed by atoms with Crippen molar-refractivity contribution in [2.45, 2.75) is 58.3 Å². The number of hydrogen-bond acceptors (Lipinski definition) is 1. The number of aromatic amines is 1. The van der Waals surface area contributed by atoms with E-state index in [9.17, 15) is 13.6 Å². The van der Waals surface area contributed by atoms with Crippen molar-refractivity contribution in [3.8, 4) is 11.1 Å². The number of aromatic nitrogens is 1. The molecule has 0 aliphatic carbocycles. The van der Waals surface area contributed by atoms with Gasteiger partial charge in [0, 0.05) is 17.3 Å². The number of unbranched alkanes of at least 4 members (excludes halogenated alkanes) is 6. The van der Waals surface area contributed by atoms with E-state index in [1.807, 2.05) is 0 Å². The monoisotopic (exact) mass is 349 g/mol. The Morgan fingerprint density at radius 3 is 2.32 bits per heavy atom. The van der Waals surface area contributed by atoms with Gasteiger partial charge < -0.3 is 10.1 Å². The Bertz CT molecular complexity index is 710. The van der Waals surface area contributed by atoms with Crippen molar-refractivity contribution < 1.29 is 18.7 Å². The lowest BCUT2D eigenvalue weighted by molar-refractivity contribution is 0.0686. The molecule has 0 spiro atoms. The maximum atomic E-state index is 14.7. The summed E-state index contributed by atoms with van der Waals surface area (Å²) in [6, 6.07) is 4.86. The second-order valence-electron chi connectivity index (χ2n) is 6.35. The first-order valence-corrected chi connectivity index (χ1v) is 8.94. The van der Waals surface area contributed by atoms with Gasteiger partial charge in [-0.05, 0) is 18.4 Å². The summed E-state index contributed by atoms with van der Waals surface area (Å²) in [4.78, 5) is 13.3. The SMILES string of the molecule is CCCCCCCCCc1cccc(-c2c[nH]c(C(=O)O)c2F)c1F. The van der Waals surface area contributed by atoms with Crippen molar-refractivity contribution in [2.75, 3.05) is 0 Å². The summed E-state index contributed by atoms with van der Waals surface area (Å²) in [7, 11) is 0. The van der Waals surface area contributed by atoms with E-state index in [1.165, 1.54) is 37.9 Å². The first kappa shape index (κ1) is 19.2. The number of carboxylic acids is 1. The third-order valence-corrected chi connectivity index (χ3v) is 4.45. The van der Waals surface area contributed by atoms with Crippen LogP contribution >= 0.6 is 0 Å². The zero-order valence-corrected chi connectivity index (χ0v) is 14.6. The summed E-state index contributed by atoms with van der Waals surface area (Å²) in [6.07, 6.45) is 9.84. The van der Waals surface area contributed by atoms with Crippen LogP contribution in [0.3, 0.4) is 0 Å². The summed E-state index contributed by atoms with van der Waals surface area (Å²) >= 11 is 0. The highest BCUT2D eigenvalue weighted by Gasteiger charge is 2.20. The van der Waals surface area contributed by atoms with Gasteiger partial charge in [0.05, 0.1) is 0 Å². The molecule has 0 amide bonds. The Hall–Kier alpha value is -2.17. The first-order chi connectivity index (χ1) is 12.1. The number of aromatic carboxylic acids is 1. The molecule has 0 atom stereocenters. The first-order valence-electron chi connectivity index (χ1n) is 8.94. The maximum absolute atomic E-state index is 14.7. The predicted molar refractivity (Wildman–Crippen MR) is 94.8 cm³/mol. The van der Waals surface area contributed by atoms with E-state index in [2.05, 4.69) is 11.9 Å². The van der Waals surface area contributed by atoms with Crippen LogP contribution in [0, 0.1) is 11.6 Å². The molecule has 2 aromatic rings. The van der Waals surface area contributed by atoms with Crippen molar-refractivity contribution in [1.29, 1.82) is 0 Å². The normalized spacial score (nSPS) is 11.0. The summed E-state index contributed by atoms with van der Waals surface area (Å²) < 4.78 is 28.9. The minimum atomic E-state index is -1.40. The van der Waals surface area contributed by atoms with Crippen LogP contribution in [-0.4, -0.2) is 16.1 Å². The average Bonchev–Trinajstić information content (AvgIpc) is 2.97. The van der Waals surface area contributed by atoms with Gasteiger partial charge in [-0.3, -0.25) is 0 Å². The van der Waals surface area contributed by atoms with Crippen molar-refractivity contribution in [3.05, 3.63) is 47.3 Å². The van der Waals surface area contributed by atoms with Crippen molar-refractivity contribution in [2.24, 2.45) is 0 Å². The number of H-pyrrole nitrogens is 1. The molecule has 1 aromatic heterocycles. The van der Waals surface area contributed by atoms with E-state index in [1.54, 1.807) is 12.1 Å². The molecule has 0 aliphatic rings.